The van der Waals surface area contributed by atoms with E-state index in [1.165, 1.54) is 5.56 Å². The summed E-state index contributed by atoms with van der Waals surface area (Å²) in [7, 11) is 0. The molecule has 1 unspecified atom stereocenters. The van der Waals surface area contributed by atoms with Gasteiger partial charge in [0.2, 0.25) is 5.91 Å². The summed E-state index contributed by atoms with van der Waals surface area (Å²) in [4.78, 5) is 11.5. The lowest BCUT2D eigenvalue weighted by atomic mass is 9.98. The van der Waals surface area contributed by atoms with Crippen molar-refractivity contribution in [3.63, 3.8) is 0 Å². The second-order valence-corrected chi connectivity index (χ2v) is 4.68. The van der Waals surface area contributed by atoms with Crippen LogP contribution < -0.4 is 5.32 Å². The molecule has 1 aromatic carbocycles. The van der Waals surface area contributed by atoms with Gasteiger partial charge in [-0.15, -0.1) is 0 Å². The molecule has 1 N–H and O–H groups in total. The standard InChI is InChI=1S/C15H23NO/c1-3-11-16-15(17)12-13(2)9-10-14-7-5-4-6-8-14/h4-8,13H,3,9-12H2,1-2H3,(H,16,17). The van der Waals surface area contributed by atoms with Crippen LogP contribution in [0.15, 0.2) is 30.3 Å². The van der Waals surface area contributed by atoms with Crippen LogP contribution in [0.3, 0.4) is 0 Å². The number of hydrogen-bond donors (Lipinski definition) is 1. The van der Waals surface area contributed by atoms with Crippen molar-refractivity contribution in [3.05, 3.63) is 35.9 Å². The zero-order valence-electron chi connectivity index (χ0n) is 10.9. The first kappa shape index (κ1) is 13.8. The number of carbonyl (C=O) groups is 1. The van der Waals surface area contributed by atoms with Crippen LogP contribution in [0.25, 0.3) is 0 Å². The normalized spacial score (nSPS) is 12.1. The van der Waals surface area contributed by atoms with Gasteiger partial charge in [-0.25, -0.2) is 0 Å². The van der Waals surface area contributed by atoms with Crippen LogP contribution >= 0.6 is 0 Å². The van der Waals surface area contributed by atoms with Crippen LogP contribution in [-0.2, 0) is 11.2 Å². The highest BCUT2D eigenvalue weighted by atomic mass is 16.1. The zero-order chi connectivity index (χ0) is 12.5. The summed E-state index contributed by atoms with van der Waals surface area (Å²) in [6, 6.07) is 10.4. The predicted octanol–water partition coefficient (Wildman–Crippen LogP) is 3.17. The van der Waals surface area contributed by atoms with E-state index in [2.05, 4.69) is 43.4 Å². The van der Waals surface area contributed by atoms with E-state index in [0.717, 1.165) is 25.8 Å². The summed E-state index contributed by atoms with van der Waals surface area (Å²) in [6.07, 6.45) is 3.78. The number of nitrogens with one attached hydrogen (secondary N) is 1. The molecule has 0 aliphatic rings. The monoisotopic (exact) mass is 233 g/mol. The maximum atomic E-state index is 11.5. The van der Waals surface area contributed by atoms with E-state index in [9.17, 15) is 4.79 Å². The van der Waals surface area contributed by atoms with Crippen molar-refractivity contribution in [3.8, 4) is 0 Å². The van der Waals surface area contributed by atoms with Gasteiger partial charge < -0.3 is 5.32 Å². The van der Waals surface area contributed by atoms with Gasteiger partial charge in [0.05, 0.1) is 0 Å². The van der Waals surface area contributed by atoms with Crippen LogP contribution in [0.4, 0.5) is 0 Å². The Morgan fingerprint density at radius 2 is 2.00 bits per heavy atom. The average Bonchev–Trinajstić information content (AvgIpc) is 2.35. The molecule has 0 heterocycles. The van der Waals surface area contributed by atoms with E-state index >= 15 is 0 Å². The Kier molecular flexibility index (Phi) is 6.38. The van der Waals surface area contributed by atoms with Crippen LogP contribution in [0.2, 0.25) is 0 Å². The number of aryl methyl sites for hydroxylation is 1. The first-order valence-corrected chi connectivity index (χ1v) is 6.53. The Bertz CT molecular complexity index is 321. The lowest BCUT2D eigenvalue weighted by Crippen LogP contribution is -2.25. The van der Waals surface area contributed by atoms with Gasteiger partial charge in [0.1, 0.15) is 0 Å². The molecule has 1 rings (SSSR count). The van der Waals surface area contributed by atoms with Crippen molar-refractivity contribution >= 4 is 5.91 Å². The first-order chi connectivity index (χ1) is 8.22. The van der Waals surface area contributed by atoms with E-state index in [0.29, 0.717) is 12.3 Å². The van der Waals surface area contributed by atoms with Gasteiger partial charge in [-0.3, -0.25) is 4.79 Å². The number of rotatable bonds is 7. The Balaban J connectivity index is 2.21. The maximum absolute atomic E-state index is 11.5. The van der Waals surface area contributed by atoms with Crippen molar-refractivity contribution in [2.45, 2.75) is 39.5 Å². The number of carbonyl (C=O) groups excluding carboxylic acids is 1. The average molecular weight is 233 g/mol. The molecule has 0 aliphatic carbocycles. The Morgan fingerprint density at radius 1 is 1.29 bits per heavy atom. The maximum Gasteiger partial charge on any atom is 0.220 e. The molecule has 17 heavy (non-hydrogen) atoms. The molecule has 2 heteroatoms. The van der Waals surface area contributed by atoms with E-state index in [1.807, 2.05) is 6.07 Å². The largest absolute Gasteiger partial charge is 0.356 e. The van der Waals surface area contributed by atoms with E-state index in [4.69, 9.17) is 0 Å². The number of hydrogen-bond acceptors (Lipinski definition) is 1. The minimum Gasteiger partial charge on any atom is -0.356 e. The highest BCUT2D eigenvalue weighted by Gasteiger charge is 2.08. The molecule has 2 nitrogen and oxygen atoms in total. The second kappa shape index (κ2) is 7.88. The lowest BCUT2D eigenvalue weighted by molar-refractivity contribution is -0.121. The van der Waals surface area contributed by atoms with Crippen LogP contribution in [0.5, 0.6) is 0 Å². The third-order valence-corrected chi connectivity index (χ3v) is 2.87. The second-order valence-electron chi connectivity index (χ2n) is 4.68. The van der Waals surface area contributed by atoms with Crippen molar-refractivity contribution in [2.24, 2.45) is 5.92 Å². The van der Waals surface area contributed by atoms with Gasteiger partial charge in [0.25, 0.3) is 0 Å². The minimum absolute atomic E-state index is 0.187. The van der Waals surface area contributed by atoms with Crippen LogP contribution in [0, 0.1) is 5.92 Å². The molecular weight excluding hydrogens is 210 g/mol. The smallest absolute Gasteiger partial charge is 0.220 e. The third kappa shape index (κ3) is 6.10. The molecule has 0 saturated heterocycles. The molecule has 0 saturated carbocycles. The molecule has 0 fully saturated rings. The topological polar surface area (TPSA) is 29.1 Å². The van der Waals surface area contributed by atoms with Gasteiger partial charge in [0, 0.05) is 13.0 Å². The fraction of sp³-hybridized carbons (Fsp3) is 0.533. The van der Waals surface area contributed by atoms with Gasteiger partial charge in [-0.05, 0) is 30.7 Å². The molecule has 0 spiro atoms. The fourth-order valence-electron chi connectivity index (χ4n) is 1.81. The van der Waals surface area contributed by atoms with Crippen LogP contribution in [0.1, 0.15) is 38.7 Å². The Hall–Kier alpha value is -1.31. The minimum atomic E-state index is 0.187. The van der Waals surface area contributed by atoms with Gasteiger partial charge in [-0.1, -0.05) is 44.2 Å². The Labute approximate surface area is 104 Å². The molecule has 1 atom stereocenters. The molecule has 0 bridgehead atoms. The summed E-state index contributed by atoms with van der Waals surface area (Å²) in [6.45, 7) is 5.01. The fourth-order valence-corrected chi connectivity index (χ4v) is 1.81. The highest BCUT2D eigenvalue weighted by molar-refractivity contribution is 5.76. The van der Waals surface area contributed by atoms with Gasteiger partial charge in [0.15, 0.2) is 0 Å². The zero-order valence-corrected chi connectivity index (χ0v) is 10.9. The van der Waals surface area contributed by atoms with E-state index < -0.39 is 0 Å². The van der Waals surface area contributed by atoms with Crippen LogP contribution in [-0.4, -0.2) is 12.5 Å². The molecule has 0 aromatic heterocycles. The third-order valence-electron chi connectivity index (χ3n) is 2.87. The Morgan fingerprint density at radius 3 is 2.65 bits per heavy atom. The van der Waals surface area contributed by atoms with Gasteiger partial charge in [-0.2, -0.15) is 0 Å². The lowest BCUT2D eigenvalue weighted by Gasteiger charge is -2.11. The SMILES string of the molecule is CCCNC(=O)CC(C)CCc1ccccc1. The molecule has 0 aliphatic heterocycles. The van der Waals surface area contributed by atoms with Crippen molar-refractivity contribution in [1.29, 1.82) is 0 Å². The summed E-state index contributed by atoms with van der Waals surface area (Å²) >= 11 is 0. The van der Waals surface area contributed by atoms with Gasteiger partial charge >= 0.3 is 0 Å². The van der Waals surface area contributed by atoms with Crippen molar-refractivity contribution in [2.75, 3.05) is 6.54 Å². The summed E-state index contributed by atoms with van der Waals surface area (Å²) < 4.78 is 0. The van der Waals surface area contributed by atoms with Crippen molar-refractivity contribution < 1.29 is 4.79 Å². The number of amides is 1. The summed E-state index contributed by atoms with van der Waals surface area (Å²) in [5.74, 6) is 0.638. The molecular formula is C15H23NO. The summed E-state index contributed by atoms with van der Waals surface area (Å²) in [5.41, 5.74) is 1.35. The molecule has 1 amide bonds. The predicted molar refractivity (Wildman–Crippen MR) is 71.8 cm³/mol. The number of benzene rings is 1. The first-order valence-electron chi connectivity index (χ1n) is 6.53. The molecule has 1 aromatic rings. The summed E-state index contributed by atoms with van der Waals surface area (Å²) in [5, 5.41) is 2.92. The molecule has 94 valence electrons. The quantitative estimate of drug-likeness (QED) is 0.770. The van der Waals surface area contributed by atoms with Crippen molar-refractivity contribution in [1.82, 2.24) is 5.32 Å². The van der Waals surface area contributed by atoms with E-state index in [-0.39, 0.29) is 5.91 Å². The molecule has 0 radical (unpaired) electrons. The van der Waals surface area contributed by atoms with E-state index in [1.54, 1.807) is 0 Å². The highest BCUT2D eigenvalue weighted by Crippen LogP contribution is 2.12.